The van der Waals surface area contributed by atoms with Gasteiger partial charge >= 0.3 is 0 Å². The molecule has 20 heavy (non-hydrogen) atoms. The van der Waals surface area contributed by atoms with Crippen molar-refractivity contribution in [3.8, 4) is 22.8 Å². The van der Waals surface area contributed by atoms with E-state index >= 15 is 0 Å². The molecule has 1 aliphatic rings. The van der Waals surface area contributed by atoms with Crippen LogP contribution in [-0.2, 0) is 12.8 Å². The highest BCUT2D eigenvalue weighted by atomic mass is 32.1. The summed E-state index contributed by atoms with van der Waals surface area (Å²) in [6, 6.07) is 0. The summed E-state index contributed by atoms with van der Waals surface area (Å²) >= 11 is 3.31. The summed E-state index contributed by atoms with van der Waals surface area (Å²) in [5.74, 6) is 1.21. The number of fused-ring (bicyclic) bond motifs is 1. The Bertz CT molecular complexity index is 784. The SMILES string of the molecule is Cc1cscc1-c1noc(-c2c(N)sc3c2CCC3)n1. The molecule has 0 bridgehead atoms. The lowest BCUT2D eigenvalue weighted by Crippen LogP contribution is -1.88. The summed E-state index contributed by atoms with van der Waals surface area (Å²) in [4.78, 5) is 5.93. The largest absolute Gasteiger partial charge is 0.390 e. The van der Waals surface area contributed by atoms with Crippen molar-refractivity contribution in [1.29, 1.82) is 0 Å². The first-order valence-corrected chi connectivity index (χ1v) is 8.27. The van der Waals surface area contributed by atoms with Gasteiger partial charge in [-0.15, -0.1) is 11.3 Å². The van der Waals surface area contributed by atoms with Crippen LogP contribution in [0.15, 0.2) is 15.3 Å². The molecule has 4 rings (SSSR count). The summed E-state index contributed by atoms with van der Waals surface area (Å²) in [5, 5.41) is 9.04. The topological polar surface area (TPSA) is 64.9 Å². The van der Waals surface area contributed by atoms with E-state index in [0.29, 0.717) is 11.7 Å². The van der Waals surface area contributed by atoms with Crippen LogP contribution in [0.1, 0.15) is 22.4 Å². The number of anilines is 1. The van der Waals surface area contributed by atoms with Crippen molar-refractivity contribution in [2.75, 3.05) is 5.73 Å². The van der Waals surface area contributed by atoms with Gasteiger partial charge in [0.2, 0.25) is 5.82 Å². The fourth-order valence-electron chi connectivity index (χ4n) is 2.68. The van der Waals surface area contributed by atoms with Crippen molar-refractivity contribution in [1.82, 2.24) is 10.1 Å². The van der Waals surface area contributed by atoms with Gasteiger partial charge < -0.3 is 10.3 Å². The second-order valence-electron chi connectivity index (χ2n) is 4.99. The Balaban J connectivity index is 1.81. The lowest BCUT2D eigenvalue weighted by Gasteiger charge is -1.96. The minimum absolute atomic E-state index is 0.558. The van der Waals surface area contributed by atoms with Crippen LogP contribution in [0.3, 0.4) is 0 Å². The molecule has 3 heterocycles. The number of thiophene rings is 2. The molecule has 1 aliphatic carbocycles. The fraction of sp³-hybridized carbons (Fsp3) is 0.286. The molecule has 0 aromatic carbocycles. The third kappa shape index (κ3) is 1.72. The van der Waals surface area contributed by atoms with E-state index in [9.17, 15) is 0 Å². The van der Waals surface area contributed by atoms with Crippen molar-refractivity contribution < 1.29 is 4.52 Å². The maximum atomic E-state index is 6.13. The molecule has 3 aromatic heterocycles. The highest BCUT2D eigenvalue weighted by molar-refractivity contribution is 7.16. The van der Waals surface area contributed by atoms with Crippen molar-refractivity contribution >= 4 is 27.7 Å². The van der Waals surface area contributed by atoms with Gasteiger partial charge in [0, 0.05) is 15.8 Å². The molecule has 4 nitrogen and oxygen atoms in total. The van der Waals surface area contributed by atoms with E-state index in [2.05, 4.69) is 22.4 Å². The number of rotatable bonds is 2. The van der Waals surface area contributed by atoms with Gasteiger partial charge in [-0.05, 0) is 42.7 Å². The number of nitrogens with two attached hydrogens (primary N) is 1. The van der Waals surface area contributed by atoms with E-state index in [1.54, 1.807) is 22.7 Å². The fourth-order valence-corrected chi connectivity index (χ4v) is 4.66. The van der Waals surface area contributed by atoms with Gasteiger partial charge in [-0.2, -0.15) is 16.3 Å². The molecule has 0 saturated carbocycles. The van der Waals surface area contributed by atoms with Crippen LogP contribution < -0.4 is 5.73 Å². The Kier molecular flexibility index (Phi) is 2.68. The van der Waals surface area contributed by atoms with E-state index in [1.807, 2.05) is 5.38 Å². The number of aryl methyl sites for hydroxylation is 2. The highest BCUT2D eigenvalue weighted by Gasteiger charge is 2.25. The molecular weight excluding hydrogens is 290 g/mol. The first-order chi connectivity index (χ1) is 9.74. The van der Waals surface area contributed by atoms with Gasteiger partial charge in [0.05, 0.1) is 10.6 Å². The summed E-state index contributed by atoms with van der Waals surface area (Å²) in [6.45, 7) is 2.05. The maximum absolute atomic E-state index is 6.13. The number of nitrogens with zero attached hydrogens (tertiary/aromatic N) is 2. The van der Waals surface area contributed by atoms with Crippen LogP contribution in [0.25, 0.3) is 22.8 Å². The molecule has 0 amide bonds. The first-order valence-electron chi connectivity index (χ1n) is 6.51. The zero-order valence-corrected chi connectivity index (χ0v) is 12.6. The molecule has 0 aliphatic heterocycles. The van der Waals surface area contributed by atoms with Crippen LogP contribution in [-0.4, -0.2) is 10.1 Å². The Morgan fingerprint density at radius 1 is 1.30 bits per heavy atom. The van der Waals surface area contributed by atoms with Crippen LogP contribution in [0.5, 0.6) is 0 Å². The number of nitrogen functional groups attached to an aromatic ring is 1. The Morgan fingerprint density at radius 2 is 2.20 bits per heavy atom. The molecular formula is C14H13N3OS2. The van der Waals surface area contributed by atoms with E-state index in [4.69, 9.17) is 10.3 Å². The smallest absolute Gasteiger partial charge is 0.261 e. The quantitative estimate of drug-likeness (QED) is 0.779. The second kappa shape index (κ2) is 4.43. The van der Waals surface area contributed by atoms with E-state index in [1.165, 1.54) is 22.4 Å². The van der Waals surface area contributed by atoms with Crippen LogP contribution in [0.4, 0.5) is 5.00 Å². The Labute approximate surface area is 124 Å². The zero-order valence-electron chi connectivity index (χ0n) is 11.0. The molecule has 0 unspecified atom stereocenters. The lowest BCUT2D eigenvalue weighted by atomic mass is 10.1. The number of hydrogen-bond acceptors (Lipinski definition) is 6. The average molecular weight is 303 g/mol. The van der Waals surface area contributed by atoms with Crippen molar-refractivity contribution in [3.63, 3.8) is 0 Å². The van der Waals surface area contributed by atoms with Crippen LogP contribution in [0.2, 0.25) is 0 Å². The summed E-state index contributed by atoms with van der Waals surface area (Å²) in [6.07, 6.45) is 3.38. The minimum atomic E-state index is 0.558. The standard InChI is InChI=1S/C14H13N3OS2/c1-7-5-19-6-9(7)13-16-14(18-17-13)11-8-3-2-4-10(8)20-12(11)15/h5-6H,2-4,15H2,1H3. The molecule has 2 N–H and O–H groups in total. The normalized spacial score (nSPS) is 13.8. The molecule has 0 radical (unpaired) electrons. The number of hydrogen-bond donors (Lipinski definition) is 1. The molecule has 0 saturated heterocycles. The molecule has 0 fully saturated rings. The highest BCUT2D eigenvalue weighted by Crippen LogP contribution is 2.43. The Hall–Kier alpha value is -1.66. The molecule has 102 valence electrons. The Morgan fingerprint density at radius 3 is 3.00 bits per heavy atom. The van der Waals surface area contributed by atoms with Gasteiger partial charge in [0.1, 0.15) is 0 Å². The molecule has 3 aromatic rings. The summed E-state index contributed by atoms with van der Waals surface area (Å²) < 4.78 is 5.46. The van der Waals surface area contributed by atoms with E-state index in [-0.39, 0.29) is 0 Å². The van der Waals surface area contributed by atoms with Gasteiger partial charge in [-0.3, -0.25) is 0 Å². The monoisotopic (exact) mass is 303 g/mol. The van der Waals surface area contributed by atoms with Crippen LogP contribution >= 0.6 is 22.7 Å². The number of aromatic nitrogens is 2. The first kappa shape index (κ1) is 12.1. The van der Waals surface area contributed by atoms with Crippen molar-refractivity contribution in [3.05, 3.63) is 26.8 Å². The molecule has 0 atom stereocenters. The predicted molar refractivity (Wildman–Crippen MR) is 82.1 cm³/mol. The van der Waals surface area contributed by atoms with Gasteiger partial charge in [-0.1, -0.05) is 5.16 Å². The van der Waals surface area contributed by atoms with E-state index < -0.39 is 0 Å². The maximum Gasteiger partial charge on any atom is 0.261 e. The lowest BCUT2D eigenvalue weighted by molar-refractivity contribution is 0.432. The third-order valence-electron chi connectivity index (χ3n) is 3.68. The predicted octanol–water partition coefficient (Wildman–Crippen LogP) is 3.91. The van der Waals surface area contributed by atoms with Crippen LogP contribution in [0, 0.1) is 6.92 Å². The third-order valence-corrected chi connectivity index (χ3v) is 5.67. The van der Waals surface area contributed by atoms with E-state index in [0.717, 1.165) is 29.0 Å². The van der Waals surface area contributed by atoms with Crippen molar-refractivity contribution in [2.24, 2.45) is 0 Å². The summed E-state index contributed by atoms with van der Waals surface area (Å²) in [5.41, 5.74) is 10.6. The minimum Gasteiger partial charge on any atom is -0.390 e. The van der Waals surface area contributed by atoms with Crippen molar-refractivity contribution in [2.45, 2.75) is 26.2 Å². The molecule has 0 spiro atoms. The molecule has 6 heteroatoms. The van der Waals surface area contributed by atoms with Gasteiger partial charge in [0.25, 0.3) is 5.89 Å². The van der Waals surface area contributed by atoms with Gasteiger partial charge in [0.15, 0.2) is 0 Å². The van der Waals surface area contributed by atoms with Gasteiger partial charge in [-0.25, -0.2) is 0 Å². The second-order valence-corrected chi connectivity index (χ2v) is 6.87. The zero-order chi connectivity index (χ0) is 13.7. The summed E-state index contributed by atoms with van der Waals surface area (Å²) in [7, 11) is 0. The average Bonchev–Trinajstić information content (AvgIpc) is 3.12.